The van der Waals surface area contributed by atoms with Gasteiger partial charge in [0.2, 0.25) is 5.91 Å². The first-order chi connectivity index (χ1) is 17.5. The maximum atomic E-state index is 13.4. The summed E-state index contributed by atoms with van der Waals surface area (Å²) in [4.78, 5) is 47.9. The molecular formula is C26H41N5O7. The number of ether oxygens (including phenoxy) is 3. The average molecular weight is 536 g/mol. The lowest BCUT2D eigenvalue weighted by Gasteiger charge is -2.32. The molecule has 0 radical (unpaired) electrons. The van der Waals surface area contributed by atoms with E-state index in [1.807, 2.05) is 0 Å². The van der Waals surface area contributed by atoms with E-state index in [9.17, 15) is 14.4 Å². The van der Waals surface area contributed by atoms with Crippen LogP contribution in [0.5, 0.6) is 5.75 Å². The first-order valence-electron chi connectivity index (χ1n) is 12.4. The molecule has 38 heavy (non-hydrogen) atoms. The molecule has 1 aliphatic rings. The minimum Gasteiger partial charge on any atom is -0.491 e. The third-order valence-corrected chi connectivity index (χ3v) is 5.43. The van der Waals surface area contributed by atoms with E-state index in [1.54, 1.807) is 79.9 Å². The van der Waals surface area contributed by atoms with E-state index in [2.05, 4.69) is 4.84 Å². The molecule has 0 bridgehead atoms. The summed E-state index contributed by atoms with van der Waals surface area (Å²) in [6.45, 7) is 10.8. The average Bonchev–Trinajstić information content (AvgIpc) is 3.21. The van der Waals surface area contributed by atoms with Crippen molar-refractivity contribution in [2.24, 2.45) is 5.90 Å². The van der Waals surface area contributed by atoms with Gasteiger partial charge in [-0.1, -0.05) is 0 Å². The lowest BCUT2D eigenvalue weighted by molar-refractivity contribution is -0.133. The predicted octanol–water partition coefficient (Wildman–Crippen LogP) is 2.98. The largest absolute Gasteiger partial charge is 0.491 e. The summed E-state index contributed by atoms with van der Waals surface area (Å²) in [6, 6.07) is 5.02. The number of carbonyl (C=O) groups excluding carboxylic acids is 3. The predicted molar refractivity (Wildman–Crippen MR) is 141 cm³/mol. The summed E-state index contributed by atoms with van der Waals surface area (Å²) in [5.74, 6) is 5.11. The molecule has 0 unspecified atom stereocenters. The van der Waals surface area contributed by atoms with Crippen molar-refractivity contribution < 1.29 is 33.4 Å². The van der Waals surface area contributed by atoms with Gasteiger partial charge in [0.05, 0.1) is 6.04 Å². The number of likely N-dealkylation sites (tertiary alicyclic amines) is 1. The van der Waals surface area contributed by atoms with Gasteiger partial charge in [-0.3, -0.25) is 20.0 Å². The van der Waals surface area contributed by atoms with Crippen LogP contribution in [0.25, 0.3) is 0 Å². The number of amides is 3. The normalized spacial score (nSPS) is 17.6. The molecule has 1 aromatic carbocycles. The van der Waals surface area contributed by atoms with Gasteiger partial charge in [0.1, 0.15) is 42.0 Å². The highest BCUT2D eigenvalue weighted by Crippen LogP contribution is 2.29. The van der Waals surface area contributed by atoms with Crippen LogP contribution in [0.4, 0.5) is 9.59 Å². The first kappa shape index (κ1) is 30.8. The van der Waals surface area contributed by atoms with Gasteiger partial charge in [0.25, 0.3) is 0 Å². The molecule has 12 heteroatoms. The van der Waals surface area contributed by atoms with Crippen LogP contribution in [0.1, 0.15) is 53.5 Å². The summed E-state index contributed by atoms with van der Waals surface area (Å²) >= 11 is 0. The van der Waals surface area contributed by atoms with Gasteiger partial charge in [-0.2, -0.15) is 0 Å². The fraction of sp³-hybridized carbons (Fsp3) is 0.615. The Morgan fingerprint density at radius 3 is 2.08 bits per heavy atom. The molecule has 1 aromatic rings. The zero-order valence-electron chi connectivity index (χ0n) is 23.6. The number of nitrogens with one attached hydrogen (secondary N) is 1. The Balaban J connectivity index is 2.41. The second-order valence-electron chi connectivity index (χ2n) is 11.2. The monoisotopic (exact) mass is 535 g/mol. The third kappa shape index (κ3) is 8.59. The standard InChI is InChI=1S/C26H41N5O7/c1-25(2,3)37-23(33)30-16-18(15-20(30)22(32)29(7)8)31(24(34)38-26(4,5)6)21(27)17-9-11-19(12-10-17)35-13-14-36-28/h9-12,18,20,27H,13-16,28H2,1-8H3/t18-,20-/m0/s1. The number of carbonyl (C=O) groups is 3. The Morgan fingerprint density at radius 1 is 1.00 bits per heavy atom. The van der Waals surface area contributed by atoms with Crippen molar-refractivity contribution in [3.05, 3.63) is 29.8 Å². The van der Waals surface area contributed by atoms with Crippen molar-refractivity contribution in [1.82, 2.24) is 14.7 Å². The lowest BCUT2D eigenvalue weighted by Crippen LogP contribution is -2.49. The van der Waals surface area contributed by atoms with Gasteiger partial charge in [0.15, 0.2) is 0 Å². The molecule has 12 nitrogen and oxygen atoms in total. The van der Waals surface area contributed by atoms with Crippen molar-refractivity contribution in [1.29, 1.82) is 5.41 Å². The highest BCUT2D eigenvalue weighted by molar-refractivity contribution is 6.05. The highest BCUT2D eigenvalue weighted by Gasteiger charge is 2.47. The molecule has 0 aromatic heterocycles. The summed E-state index contributed by atoms with van der Waals surface area (Å²) in [5, 5.41) is 8.92. The Labute approximate surface area is 224 Å². The van der Waals surface area contributed by atoms with Crippen molar-refractivity contribution in [3.63, 3.8) is 0 Å². The molecule has 3 amide bonds. The second kappa shape index (κ2) is 12.4. The Bertz CT molecular complexity index is 999. The molecule has 1 fully saturated rings. The molecule has 212 valence electrons. The zero-order chi connectivity index (χ0) is 28.8. The summed E-state index contributed by atoms with van der Waals surface area (Å²) in [5.41, 5.74) is -1.19. The number of hydrogen-bond donors (Lipinski definition) is 2. The Kier molecular flexibility index (Phi) is 10.1. The molecular weight excluding hydrogens is 494 g/mol. The molecule has 2 rings (SSSR count). The number of hydrogen-bond acceptors (Lipinski definition) is 9. The minimum atomic E-state index is -0.872. The van der Waals surface area contributed by atoms with E-state index in [0.717, 1.165) is 0 Å². The van der Waals surface area contributed by atoms with Crippen LogP contribution in [0.2, 0.25) is 0 Å². The van der Waals surface area contributed by atoms with Crippen LogP contribution in [-0.4, -0.2) is 95.8 Å². The van der Waals surface area contributed by atoms with Gasteiger partial charge in [0, 0.05) is 26.2 Å². The quantitative estimate of drug-likeness (QED) is 0.234. The van der Waals surface area contributed by atoms with Gasteiger partial charge >= 0.3 is 12.2 Å². The van der Waals surface area contributed by atoms with Gasteiger partial charge in [-0.25, -0.2) is 15.5 Å². The van der Waals surface area contributed by atoms with Crippen molar-refractivity contribution >= 4 is 23.9 Å². The van der Waals surface area contributed by atoms with Crippen molar-refractivity contribution in [2.45, 2.75) is 71.2 Å². The highest BCUT2D eigenvalue weighted by atomic mass is 16.6. The Morgan fingerprint density at radius 2 is 1.58 bits per heavy atom. The van der Waals surface area contributed by atoms with Crippen LogP contribution >= 0.6 is 0 Å². The Hall–Kier alpha value is -3.38. The molecule has 0 aliphatic carbocycles. The molecule has 0 spiro atoms. The number of likely N-dealkylation sites (N-methyl/N-ethyl adjacent to an activating group) is 1. The molecule has 0 saturated carbocycles. The topological polar surface area (TPSA) is 148 Å². The van der Waals surface area contributed by atoms with E-state index in [1.165, 1.54) is 14.7 Å². The van der Waals surface area contributed by atoms with Crippen LogP contribution < -0.4 is 10.6 Å². The smallest absolute Gasteiger partial charge is 0.416 e. The summed E-state index contributed by atoms with van der Waals surface area (Å²) in [7, 11) is 3.19. The molecule has 1 saturated heterocycles. The summed E-state index contributed by atoms with van der Waals surface area (Å²) in [6.07, 6.45) is -1.31. The van der Waals surface area contributed by atoms with E-state index >= 15 is 0 Å². The van der Waals surface area contributed by atoms with Gasteiger partial charge in [-0.05, 0) is 72.2 Å². The maximum absolute atomic E-state index is 13.4. The number of nitrogens with zero attached hydrogens (tertiary/aromatic N) is 3. The minimum absolute atomic E-state index is 0.0128. The van der Waals surface area contributed by atoms with Crippen molar-refractivity contribution in [3.8, 4) is 5.75 Å². The number of rotatable bonds is 7. The second-order valence-corrected chi connectivity index (χ2v) is 11.2. The van der Waals surface area contributed by atoms with Gasteiger partial charge < -0.3 is 23.9 Å². The number of benzene rings is 1. The fourth-order valence-corrected chi connectivity index (χ4v) is 3.85. The van der Waals surface area contributed by atoms with Crippen LogP contribution in [0.15, 0.2) is 24.3 Å². The lowest BCUT2D eigenvalue weighted by atomic mass is 10.1. The fourth-order valence-electron chi connectivity index (χ4n) is 3.85. The van der Waals surface area contributed by atoms with Crippen LogP contribution in [0.3, 0.4) is 0 Å². The van der Waals surface area contributed by atoms with Gasteiger partial charge in [-0.15, -0.1) is 0 Å². The zero-order valence-corrected chi connectivity index (χ0v) is 23.6. The van der Waals surface area contributed by atoms with Crippen LogP contribution in [-0.2, 0) is 19.1 Å². The van der Waals surface area contributed by atoms with E-state index < -0.39 is 35.5 Å². The number of amidine groups is 1. The van der Waals surface area contributed by atoms with E-state index in [-0.39, 0.29) is 37.9 Å². The third-order valence-electron chi connectivity index (χ3n) is 5.43. The molecule has 1 heterocycles. The first-order valence-corrected chi connectivity index (χ1v) is 12.4. The molecule has 3 N–H and O–H groups in total. The molecule has 1 aliphatic heterocycles. The van der Waals surface area contributed by atoms with E-state index in [0.29, 0.717) is 11.3 Å². The maximum Gasteiger partial charge on any atom is 0.416 e. The van der Waals surface area contributed by atoms with E-state index in [4.69, 9.17) is 25.5 Å². The van der Waals surface area contributed by atoms with Crippen LogP contribution in [0, 0.1) is 5.41 Å². The SMILES string of the molecule is CN(C)C(=O)[C@@H]1C[C@H](N(C(=N)c2ccc(OCCON)cc2)C(=O)OC(C)(C)C)CN1C(=O)OC(C)(C)C. The summed E-state index contributed by atoms with van der Waals surface area (Å²) < 4.78 is 16.7. The number of nitrogens with two attached hydrogens (primary N) is 1. The molecule has 2 atom stereocenters. The van der Waals surface area contributed by atoms with Crippen molar-refractivity contribution in [2.75, 3.05) is 33.9 Å².